The topological polar surface area (TPSA) is 18.5 Å². The molecule has 0 aliphatic carbocycles. The SMILES string of the molecule is CCOCOc1ccc(-c2ccc(C(F)(F)F)cc2)cc1C(S)CC. The maximum Gasteiger partial charge on any atom is 0.416 e. The maximum absolute atomic E-state index is 12.7. The van der Waals surface area contributed by atoms with Crippen molar-refractivity contribution in [2.24, 2.45) is 0 Å². The summed E-state index contributed by atoms with van der Waals surface area (Å²) in [4.78, 5) is 0. The van der Waals surface area contributed by atoms with E-state index >= 15 is 0 Å². The van der Waals surface area contributed by atoms with E-state index in [-0.39, 0.29) is 12.0 Å². The molecule has 0 aliphatic rings. The second-order valence-electron chi connectivity index (χ2n) is 5.51. The van der Waals surface area contributed by atoms with Gasteiger partial charge in [0.1, 0.15) is 5.75 Å². The first-order valence-electron chi connectivity index (χ1n) is 8.07. The van der Waals surface area contributed by atoms with Crippen molar-refractivity contribution in [3.63, 3.8) is 0 Å². The maximum atomic E-state index is 12.7. The predicted molar refractivity (Wildman–Crippen MR) is 96.0 cm³/mol. The van der Waals surface area contributed by atoms with Crippen molar-refractivity contribution in [3.8, 4) is 16.9 Å². The van der Waals surface area contributed by atoms with Crippen LogP contribution in [0.2, 0.25) is 0 Å². The Morgan fingerprint density at radius 1 is 1.00 bits per heavy atom. The van der Waals surface area contributed by atoms with Gasteiger partial charge in [-0.05, 0) is 48.7 Å². The number of benzene rings is 2. The van der Waals surface area contributed by atoms with E-state index in [1.54, 1.807) is 6.07 Å². The van der Waals surface area contributed by atoms with Crippen LogP contribution in [0.1, 0.15) is 36.6 Å². The van der Waals surface area contributed by atoms with Gasteiger partial charge in [-0.3, -0.25) is 0 Å². The monoisotopic (exact) mass is 370 g/mol. The number of halogens is 3. The Hall–Kier alpha value is -1.66. The van der Waals surface area contributed by atoms with Crippen LogP contribution in [0, 0.1) is 0 Å². The summed E-state index contributed by atoms with van der Waals surface area (Å²) in [5, 5.41) is -0.0361. The molecule has 0 aliphatic heterocycles. The van der Waals surface area contributed by atoms with E-state index in [4.69, 9.17) is 9.47 Å². The fraction of sp³-hybridized carbons (Fsp3) is 0.368. The van der Waals surface area contributed by atoms with Gasteiger partial charge >= 0.3 is 6.18 Å². The van der Waals surface area contributed by atoms with E-state index in [0.29, 0.717) is 17.9 Å². The molecule has 0 spiro atoms. The lowest BCUT2D eigenvalue weighted by Crippen LogP contribution is -2.05. The molecule has 6 heteroatoms. The molecular weight excluding hydrogens is 349 g/mol. The number of alkyl halides is 3. The molecule has 0 radical (unpaired) electrons. The minimum Gasteiger partial charge on any atom is -0.467 e. The van der Waals surface area contributed by atoms with Crippen LogP contribution < -0.4 is 4.74 Å². The van der Waals surface area contributed by atoms with Crippen LogP contribution in [-0.2, 0) is 10.9 Å². The van der Waals surface area contributed by atoms with E-state index in [1.165, 1.54) is 12.1 Å². The fourth-order valence-corrected chi connectivity index (χ4v) is 2.58. The highest BCUT2D eigenvalue weighted by Crippen LogP contribution is 2.36. The van der Waals surface area contributed by atoms with Crippen molar-refractivity contribution in [1.29, 1.82) is 0 Å². The Balaban J connectivity index is 2.32. The van der Waals surface area contributed by atoms with E-state index in [0.717, 1.165) is 29.7 Å². The average Bonchev–Trinajstić information content (AvgIpc) is 2.61. The highest BCUT2D eigenvalue weighted by molar-refractivity contribution is 7.80. The van der Waals surface area contributed by atoms with Crippen molar-refractivity contribution in [2.45, 2.75) is 31.7 Å². The van der Waals surface area contributed by atoms with Gasteiger partial charge in [-0.2, -0.15) is 25.8 Å². The first-order valence-corrected chi connectivity index (χ1v) is 8.58. The molecule has 1 unspecified atom stereocenters. The van der Waals surface area contributed by atoms with Gasteiger partial charge in [0.15, 0.2) is 6.79 Å². The standard InChI is InChI=1S/C19H21F3O2S/c1-3-18(25)16-11-14(7-10-17(16)24-12-23-4-2)13-5-8-15(9-6-13)19(20,21)22/h5-11,18,25H,3-4,12H2,1-2H3. The molecule has 2 aromatic carbocycles. The Kier molecular flexibility index (Phi) is 6.79. The number of thiol groups is 1. The van der Waals surface area contributed by atoms with E-state index in [1.807, 2.05) is 26.0 Å². The Bertz CT molecular complexity index is 684. The Labute approximate surface area is 151 Å². The van der Waals surface area contributed by atoms with Crippen LogP contribution in [-0.4, -0.2) is 13.4 Å². The highest BCUT2D eigenvalue weighted by atomic mass is 32.1. The lowest BCUT2D eigenvalue weighted by molar-refractivity contribution is -0.137. The van der Waals surface area contributed by atoms with Gasteiger partial charge < -0.3 is 9.47 Å². The number of ether oxygens (including phenoxy) is 2. The molecule has 0 bridgehead atoms. The molecular formula is C19H21F3O2S. The summed E-state index contributed by atoms with van der Waals surface area (Å²) in [6, 6.07) is 10.7. The Morgan fingerprint density at radius 2 is 1.64 bits per heavy atom. The molecule has 0 aromatic heterocycles. The van der Waals surface area contributed by atoms with Crippen LogP contribution in [0.5, 0.6) is 5.75 Å². The van der Waals surface area contributed by atoms with Gasteiger partial charge in [0.2, 0.25) is 0 Å². The quantitative estimate of drug-likeness (QED) is 0.359. The van der Waals surface area contributed by atoms with Gasteiger partial charge in [0.05, 0.1) is 5.56 Å². The van der Waals surface area contributed by atoms with Crippen LogP contribution >= 0.6 is 12.6 Å². The minimum absolute atomic E-state index is 0.0361. The van der Waals surface area contributed by atoms with Gasteiger partial charge in [0, 0.05) is 17.4 Å². The predicted octanol–water partition coefficient (Wildman–Crippen LogP) is 6.13. The summed E-state index contributed by atoms with van der Waals surface area (Å²) >= 11 is 4.58. The van der Waals surface area contributed by atoms with Crippen molar-refractivity contribution in [1.82, 2.24) is 0 Å². The normalized spacial score (nSPS) is 12.9. The van der Waals surface area contributed by atoms with Crippen LogP contribution in [0.4, 0.5) is 13.2 Å². The van der Waals surface area contributed by atoms with E-state index in [9.17, 15) is 13.2 Å². The molecule has 2 rings (SSSR count). The summed E-state index contributed by atoms with van der Waals surface area (Å²) < 4.78 is 48.9. The van der Waals surface area contributed by atoms with Crippen molar-refractivity contribution < 1.29 is 22.6 Å². The third-order valence-corrected chi connectivity index (χ3v) is 4.45. The average molecular weight is 370 g/mol. The molecule has 2 aromatic rings. The zero-order valence-electron chi connectivity index (χ0n) is 14.1. The van der Waals surface area contributed by atoms with Crippen LogP contribution in [0.3, 0.4) is 0 Å². The van der Waals surface area contributed by atoms with Crippen LogP contribution in [0.25, 0.3) is 11.1 Å². The van der Waals surface area contributed by atoms with Gasteiger partial charge in [-0.25, -0.2) is 0 Å². The molecule has 0 saturated heterocycles. The van der Waals surface area contributed by atoms with Gasteiger partial charge in [0.25, 0.3) is 0 Å². The molecule has 1 atom stereocenters. The molecule has 0 amide bonds. The molecule has 136 valence electrons. The highest BCUT2D eigenvalue weighted by Gasteiger charge is 2.30. The third kappa shape index (κ3) is 5.16. The van der Waals surface area contributed by atoms with Crippen molar-refractivity contribution in [2.75, 3.05) is 13.4 Å². The van der Waals surface area contributed by atoms with E-state index in [2.05, 4.69) is 12.6 Å². The first kappa shape index (κ1) is 19.7. The van der Waals surface area contributed by atoms with E-state index < -0.39 is 11.7 Å². The Morgan fingerprint density at radius 3 is 2.20 bits per heavy atom. The zero-order valence-corrected chi connectivity index (χ0v) is 15.0. The molecule has 0 saturated carbocycles. The lowest BCUT2D eigenvalue weighted by Gasteiger charge is -2.17. The molecule has 0 N–H and O–H groups in total. The second-order valence-corrected chi connectivity index (χ2v) is 6.13. The first-order chi connectivity index (χ1) is 11.9. The summed E-state index contributed by atoms with van der Waals surface area (Å²) in [5.74, 6) is 0.672. The molecule has 0 heterocycles. The summed E-state index contributed by atoms with van der Waals surface area (Å²) in [6.07, 6.45) is -3.54. The number of rotatable bonds is 7. The van der Waals surface area contributed by atoms with Crippen molar-refractivity contribution >= 4 is 12.6 Å². The fourth-order valence-electron chi connectivity index (χ4n) is 2.38. The largest absolute Gasteiger partial charge is 0.467 e. The second kappa shape index (κ2) is 8.63. The summed E-state index contributed by atoms with van der Waals surface area (Å²) in [7, 11) is 0. The lowest BCUT2D eigenvalue weighted by atomic mass is 9.99. The summed E-state index contributed by atoms with van der Waals surface area (Å²) in [6.45, 7) is 4.59. The zero-order chi connectivity index (χ0) is 18.4. The third-order valence-electron chi connectivity index (χ3n) is 3.80. The molecule has 25 heavy (non-hydrogen) atoms. The number of hydrogen-bond donors (Lipinski definition) is 1. The van der Waals surface area contributed by atoms with Gasteiger partial charge in [-0.1, -0.05) is 25.1 Å². The van der Waals surface area contributed by atoms with Gasteiger partial charge in [-0.15, -0.1) is 0 Å². The van der Waals surface area contributed by atoms with Crippen LogP contribution in [0.15, 0.2) is 42.5 Å². The smallest absolute Gasteiger partial charge is 0.416 e. The number of hydrogen-bond acceptors (Lipinski definition) is 3. The molecule has 0 fully saturated rings. The minimum atomic E-state index is -4.33. The van der Waals surface area contributed by atoms with Crippen molar-refractivity contribution in [3.05, 3.63) is 53.6 Å². The molecule has 2 nitrogen and oxygen atoms in total. The summed E-state index contributed by atoms with van der Waals surface area (Å²) in [5.41, 5.74) is 1.76.